The van der Waals surface area contributed by atoms with Crippen LogP contribution in [0.5, 0.6) is 0 Å². The molecule has 0 saturated carbocycles. The molecular formula is C12H15N5O. The second-order valence-corrected chi connectivity index (χ2v) is 4.56. The Hall–Kier alpha value is -1.82. The van der Waals surface area contributed by atoms with Crippen LogP contribution in [0.15, 0.2) is 23.0 Å². The predicted octanol–water partition coefficient (Wildman–Crippen LogP) is 1.07. The second kappa shape index (κ2) is 5.22. The largest absolute Gasteiger partial charge is 0.334 e. The molecule has 6 heteroatoms. The van der Waals surface area contributed by atoms with Crippen molar-refractivity contribution in [2.24, 2.45) is 5.92 Å². The van der Waals surface area contributed by atoms with Crippen LogP contribution in [0.25, 0.3) is 11.5 Å². The highest BCUT2D eigenvalue weighted by atomic mass is 16.5. The lowest BCUT2D eigenvalue weighted by Crippen LogP contribution is -2.31. The van der Waals surface area contributed by atoms with Crippen LogP contribution in [0.4, 0.5) is 0 Å². The Labute approximate surface area is 105 Å². The highest BCUT2D eigenvalue weighted by molar-refractivity contribution is 5.49. The number of aromatic nitrogens is 4. The van der Waals surface area contributed by atoms with Gasteiger partial charge in [0.25, 0.3) is 5.89 Å². The summed E-state index contributed by atoms with van der Waals surface area (Å²) in [4.78, 5) is 4.40. The summed E-state index contributed by atoms with van der Waals surface area (Å²) in [5, 5.41) is 14.9. The van der Waals surface area contributed by atoms with Crippen LogP contribution in [0.2, 0.25) is 0 Å². The maximum Gasteiger partial charge on any atom is 0.259 e. The van der Waals surface area contributed by atoms with E-state index in [1.165, 1.54) is 12.8 Å². The molecule has 1 unspecified atom stereocenters. The third-order valence-corrected chi connectivity index (χ3v) is 3.17. The van der Waals surface area contributed by atoms with Crippen molar-refractivity contribution in [3.63, 3.8) is 0 Å². The zero-order valence-corrected chi connectivity index (χ0v) is 10.0. The molecule has 0 bridgehead atoms. The van der Waals surface area contributed by atoms with Gasteiger partial charge in [0.2, 0.25) is 0 Å². The average molecular weight is 245 g/mol. The van der Waals surface area contributed by atoms with E-state index in [1.54, 1.807) is 12.4 Å². The fourth-order valence-electron chi connectivity index (χ4n) is 2.23. The van der Waals surface area contributed by atoms with Gasteiger partial charge in [-0.1, -0.05) is 5.16 Å². The van der Waals surface area contributed by atoms with Gasteiger partial charge < -0.3 is 9.84 Å². The molecule has 0 aliphatic carbocycles. The van der Waals surface area contributed by atoms with Gasteiger partial charge in [0.05, 0.1) is 18.0 Å². The minimum Gasteiger partial charge on any atom is -0.334 e. The maximum absolute atomic E-state index is 5.24. The first-order chi connectivity index (χ1) is 8.92. The van der Waals surface area contributed by atoms with Gasteiger partial charge in [-0.3, -0.25) is 0 Å². The van der Waals surface area contributed by atoms with E-state index >= 15 is 0 Å². The molecule has 3 heterocycles. The summed E-state index contributed by atoms with van der Waals surface area (Å²) < 4.78 is 5.24. The fourth-order valence-corrected chi connectivity index (χ4v) is 2.23. The molecule has 1 N–H and O–H groups in total. The first kappa shape index (κ1) is 11.3. The van der Waals surface area contributed by atoms with Crippen LogP contribution >= 0.6 is 0 Å². The topological polar surface area (TPSA) is 76.7 Å². The van der Waals surface area contributed by atoms with E-state index in [4.69, 9.17) is 4.52 Å². The molecule has 1 aliphatic rings. The number of rotatable bonds is 3. The lowest BCUT2D eigenvalue weighted by Gasteiger charge is -2.20. The first-order valence-corrected chi connectivity index (χ1v) is 6.22. The average Bonchev–Trinajstić information content (AvgIpc) is 2.89. The quantitative estimate of drug-likeness (QED) is 0.871. The molecule has 94 valence electrons. The van der Waals surface area contributed by atoms with E-state index < -0.39 is 0 Å². The molecule has 18 heavy (non-hydrogen) atoms. The Morgan fingerprint density at radius 1 is 1.39 bits per heavy atom. The van der Waals surface area contributed by atoms with E-state index in [-0.39, 0.29) is 0 Å². The molecule has 1 atom stereocenters. The highest BCUT2D eigenvalue weighted by Gasteiger charge is 2.17. The molecular weight excluding hydrogens is 230 g/mol. The molecule has 1 fully saturated rings. The van der Waals surface area contributed by atoms with Crippen molar-refractivity contribution in [1.29, 1.82) is 0 Å². The molecule has 1 saturated heterocycles. The minimum absolute atomic E-state index is 0.517. The van der Waals surface area contributed by atoms with Gasteiger partial charge in [0, 0.05) is 6.42 Å². The summed E-state index contributed by atoms with van der Waals surface area (Å²) >= 11 is 0. The third kappa shape index (κ3) is 2.53. The van der Waals surface area contributed by atoms with Crippen molar-refractivity contribution in [3.05, 3.63) is 24.3 Å². The number of hydrogen-bond acceptors (Lipinski definition) is 6. The summed E-state index contributed by atoms with van der Waals surface area (Å²) in [5.74, 6) is 1.90. The van der Waals surface area contributed by atoms with Gasteiger partial charge in [0.1, 0.15) is 0 Å². The number of hydrogen-bond donors (Lipinski definition) is 1. The van der Waals surface area contributed by atoms with Crippen molar-refractivity contribution in [3.8, 4) is 11.5 Å². The van der Waals surface area contributed by atoms with Crippen LogP contribution in [-0.4, -0.2) is 33.4 Å². The van der Waals surface area contributed by atoms with Crippen LogP contribution in [-0.2, 0) is 6.42 Å². The number of nitrogens with zero attached hydrogens (tertiary/aromatic N) is 4. The van der Waals surface area contributed by atoms with Crippen LogP contribution in [0, 0.1) is 5.92 Å². The summed E-state index contributed by atoms with van der Waals surface area (Å²) in [6.07, 6.45) is 6.57. The number of nitrogens with one attached hydrogen (secondary N) is 1. The molecule has 0 amide bonds. The molecule has 0 spiro atoms. The fraction of sp³-hybridized carbons (Fsp3) is 0.500. The smallest absolute Gasteiger partial charge is 0.259 e. The van der Waals surface area contributed by atoms with Gasteiger partial charge in [-0.15, -0.1) is 0 Å². The zero-order chi connectivity index (χ0) is 12.2. The van der Waals surface area contributed by atoms with Gasteiger partial charge >= 0.3 is 0 Å². The Morgan fingerprint density at radius 2 is 2.39 bits per heavy atom. The van der Waals surface area contributed by atoms with E-state index in [0.29, 0.717) is 11.8 Å². The van der Waals surface area contributed by atoms with Crippen molar-refractivity contribution in [2.45, 2.75) is 19.3 Å². The van der Waals surface area contributed by atoms with Crippen molar-refractivity contribution < 1.29 is 4.52 Å². The van der Waals surface area contributed by atoms with Gasteiger partial charge in [-0.2, -0.15) is 15.2 Å². The lowest BCUT2D eigenvalue weighted by molar-refractivity contribution is 0.360. The van der Waals surface area contributed by atoms with Crippen molar-refractivity contribution >= 4 is 0 Å². The van der Waals surface area contributed by atoms with Crippen molar-refractivity contribution in [2.75, 3.05) is 13.1 Å². The number of piperidine rings is 1. The molecule has 3 rings (SSSR count). The minimum atomic E-state index is 0.517. The standard InChI is InChI=1S/C12H15N5O/c1-2-9(7-13-4-1)6-11-16-12(18-17-11)10-3-5-14-15-8-10/h3,5,8-9,13H,1-2,4,6-7H2. The molecule has 0 radical (unpaired) electrons. The summed E-state index contributed by atoms with van der Waals surface area (Å²) in [6.45, 7) is 2.16. The molecule has 2 aromatic heterocycles. The third-order valence-electron chi connectivity index (χ3n) is 3.17. The van der Waals surface area contributed by atoms with Gasteiger partial charge in [0.15, 0.2) is 5.82 Å². The molecule has 0 aromatic carbocycles. The molecule has 2 aromatic rings. The van der Waals surface area contributed by atoms with E-state index in [0.717, 1.165) is 30.9 Å². The van der Waals surface area contributed by atoms with Gasteiger partial charge in [-0.25, -0.2) is 0 Å². The Bertz CT molecular complexity index is 492. The highest BCUT2D eigenvalue weighted by Crippen LogP contribution is 2.18. The summed E-state index contributed by atoms with van der Waals surface area (Å²) in [7, 11) is 0. The van der Waals surface area contributed by atoms with Crippen LogP contribution in [0.1, 0.15) is 18.7 Å². The van der Waals surface area contributed by atoms with E-state index in [9.17, 15) is 0 Å². The SMILES string of the molecule is c1cc(-c2nc(CC3CCCNC3)no2)cnn1. The monoisotopic (exact) mass is 245 g/mol. The molecule has 6 nitrogen and oxygen atoms in total. The maximum atomic E-state index is 5.24. The first-order valence-electron chi connectivity index (χ1n) is 6.22. The zero-order valence-electron chi connectivity index (χ0n) is 10.0. The Balaban J connectivity index is 1.69. The molecule has 1 aliphatic heterocycles. The lowest BCUT2D eigenvalue weighted by atomic mass is 9.96. The second-order valence-electron chi connectivity index (χ2n) is 4.56. The van der Waals surface area contributed by atoms with Gasteiger partial charge in [-0.05, 0) is 37.9 Å². The summed E-state index contributed by atoms with van der Waals surface area (Å²) in [5.41, 5.74) is 0.811. The van der Waals surface area contributed by atoms with E-state index in [2.05, 4.69) is 25.7 Å². The van der Waals surface area contributed by atoms with Crippen molar-refractivity contribution in [1.82, 2.24) is 25.7 Å². The van der Waals surface area contributed by atoms with E-state index in [1.807, 2.05) is 6.07 Å². The summed E-state index contributed by atoms with van der Waals surface area (Å²) in [6, 6.07) is 1.81. The Morgan fingerprint density at radius 3 is 3.17 bits per heavy atom. The van der Waals surface area contributed by atoms with Crippen LogP contribution in [0.3, 0.4) is 0 Å². The Kier molecular flexibility index (Phi) is 3.27. The normalized spacial score (nSPS) is 19.9. The van der Waals surface area contributed by atoms with Crippen LogP contribution < -0.4 is 5.32 Å². The predicted molar refractivity (Wildman–Crippen MR) is 64.6 cm³/mol.